The molecule has 0 aromatic heterocycles. The van der Waals surface area contributed by atoms with Gasteiger partial charge in [0.1, 0.15) is 5.78 Å². The summed E-state index contributed by atoms with van der Waals surface area (Å²) in [5, 5.41) is 0. The van der Waals surface area contributed by atoms with Crippen molar-refractivity contribution in [1.29, 1.82) is 0 Å². The Bertz CT molecular complexity index is 366. The number of carbonyl (C=O) groups is 1. The van der Waals surface area contributed by atoms with Gasteiger partial charge >= 0.3 is 0 Å². The van der Waals surface area contributed by atoms with Crippen molar-refractivity contribution in [2.75, 3.05) is 13.1 Å². The minimum Gasteiger partial charge on any atom is -0.300 e. The first-order chi connectivity index (χ1) is 8.77. The van der Waals surface area contributed by atoms with E-state index in [2.05, 4.69) is 29.2 Å². The standard InChI is InChI=1S/C16H23NO/c1-14(18)13-16(15-9-5-4-6-10-15)17-11-7-2-3-8-12-17/h4-6,9-10,16H,2-3,7-8,11-13H2,1H3. The van der Waals surface area contributed by atoms with E-state index in [1.807, 2.05) is 6.07 Å². The van der Waals surface area contributed by atoms with Gasteiger partial charge in [-0.1, -0.05) is 43.2 Å². The number of nitrogens with zero attached hydrogens (tertiary/aromatic N) is 1. The zero-order valence-electron chi connectivity index (χ0n) is 11.3. The van der Waals surface area contributed by atoms with Crippen molar-refractivity contribution in [2.24, 2.45) is 0 Å². The lowest BCUT2D eigenvalue weighted by molar-refractivity contribution is -0.118. The molecule has 1 saturated heterocycles. The number of hydrogen-bond acceptors (Lipinski definition) is 2. The third kappa shape index (κ3) is 3.67. The Balaban J connectivity index is 2.15. The predicted molar refractivity (Wildman–Crippen MR) is 74.5 cm³/mol. The Kier molecular flexibility index (Phi) is 4.94. The molecule has 2 rings (SSSR count). The Morgan fingerprint density at radius 1 is 1.11 bits per heavy atom. The fourth-order valence-corrected chi connectivity index (χ4v) is 2.81. The van der Waals surface area contributed by atoms with Gasteiger partial charge in [-0.05, 0) is 38.4 Å². The van der Waals surface area contributed by atoms with Crippen molar-refractivity contribution in [2.45, 2.75) is 45.1 Å². The van der Waals surface area contributed by atoms with Crippen LogP contribution in [0.4, 0.5) is 0 Å². The lowest BCUT2D eigenvalue weighted by Gasteiger charge is -2.30. The van der Waals surface area contributed by atoms with Gasteiger partial charge in [0.05, 0.1) is 0 Å². The molecule has 0 saturated carbocycles. The van der Waals surface area contributed by atoms with E-state index in [0.717, 1.165) is 13.1 Å². The molecule has 1 aliphatic heterocycles. The molecule has 2 heteroatoms. The lowest BCUT2D eigenvalue weighted by atomic mass is 10.00. The van der Waals surface area contributed by atoms with Crippen LogP contribution in [-0.4, -0.2) is 23.8 Å². The molecule has 1 aliphatic rings. The van der Waals surface area contributed by atoms with Crippen molar-refractivity contribution >= 4 is 5.78 Å². The SMILES string of the molecule is CC(=O)CC(c1ccccc1)N1CCCCCC1. The van der Waals surface area contributed by atoms with Crippen LogP contribution in [0.3, 0.4) is 0 Å². The molecule has 1 aromatic rings. The summed E-state index contributed by atoms with van der Waals surface area (Å²) in [6, 6.07) is 10.8. The largest absolute Gasteiger partial charge is 0.300 e. The first-order valence-corrected chi connectivity index (χ1v) is 7.06. The molecular weight excluding hydrogens is 222 g/mol. The maximum atomic E-state index is 11.5. The second-order valence-electron chi connectivity index (χ2n) is 5.28. The number of likely N-dealkylation sites (tertiary alicyclic amines) is 1. The predicted octanol–water partition coefficient (Wildman–Crippen LogP) is 3.58. The smallest absolute Gasteiger partial charge is 0.131 e. The third-order valence-electron chi connectivity index (χ3n) is 3.75. The van der Waals surface area contributed by atoms with Crippen molar-refractivity contribution < 1.29 is 4.79 Å². The number of ketones is 1. The average molecular weight is 245 g/mol. The molecule has 1 atom stereocenters. The molecule has 1 aromatic carbocycles. The Labute approximate surface area is 110 Å². The van der Waals surface area contributed by atoms with Crippen molar-refractivity contribution in [3.63, 3.8) is 0 Å². The van der Waals surface area contributed by atoms with Gasteiger partial charge in [-0.2, -0.15) is 0 Å². The van der Waals surface area contributed by atoms with Gasteiger partial charge in [0.2, 0.25) is 0 Å². The van der Waals surface area contributed by atoms with E-state index in [9.17, 15) is 4.79 Å². The Hall–Kier alpha value is -1.15. The van der Waals surface area contributed by atoms with Crippen LogP contribution < -0.4 is 0 Å². The second kappa shape index (κ2) is 6.69. The molecule has 2 nitrogen and oxygen atoms in total. The molecule has 0 radical (unpaired) electrons. The quantitative estimate of drug-likeness (QED) is 0.808. The average Bonchev–Trinajstić information content (AvgIpc) is 2.65. The maximum Gasteiger partial charge on any atom is 0.131 e. The van der Waals surface area contributed by atoms with Gasteiger partial charge < -0.3 is 0 Å². The normalized spacial score (nSPS) is 19.2. The molecule has 0 bridgehead atoms. The van der Waals surface area contributed by atoms with Gasteiger partial charge in [0, 0.05) is 12.5 Å². The van der Waals surface area contributed by atoms with E-state index < -0.39 is 0 Å². The summed E-state index contributed by atoms with van der Waals surface area (Å²) in [6.45, 7) is 3.97. The number of carbonyl (C=O) groups excluding carboxylic acids is 1. The first kappa shape index (κ1) is 13.3. The van der Waals surface area contributed by atoms with Crippen LogP contribution in [0.2, 0.25) is 0 Å². The van der Waals surface area contributed by atoms with E-state index in [1.54, 1.807) is 6.92 Å². The van der Waals surface area contributed by atoms with E-state index in [1.165, 1.54) is 31.2 Å². The van der Waals surface area contributed by atoms with Gasteiger partial charge in [-0.15, -0.1) is 0 Å². The van der Waals surface area contributed by atoms with Crippen LogP contribution in [0.5, 0.6) is 0 Å². The molecule has 0 spiro atoms. The second-order valence-corrected chi connectivity index (χ2v) is 5.28. The van der Waals surface area contributed by atoms with Crippen LogP contribution in [0.25, 0.3) is 0 Å². The number of rotatable bonds is 4. The fraction of sp³-hybridized carbons (Fsp3) is 0.562. The zero-order valence-corrected chi connectivity index (χ0v) is 11.3. The van der Waals surface area contributed by atoms with Crippen LogP contribution >= 0.6 is 0 Å². The summed E-state index contributed by atoms with van der Waals surface area (Å²) < 4.78 is 0. The topological polar surface area (TPSA) is 20.3 Å². The zero-order chi connectivity index (χ0) is 12.8. The van der Waals surface area contributed by atoms with Gasteiger partial charge in [-0.3, -0.25) is 9.69 Å². The lowest BCUT2D eigenvalue weighted by Crippen LogP contribution is -2.31. The molecule has 1 fully saturated rings. The summed E-state index contributed by atoms with van der Waals surface area (Å²) in [7, 11) is 0. The van der Waals surface area contributed by atoms with Crippen LogP contribution in [0.15, 0.2) is 30.3 Å². The summed E-state index contributed by atoms with van der Waals surface area (Å²) in [5.41, 5.74) is 1.29. The molecule has 0 N–H and O–H groups in total. The van der Waals surface area contributed by atoms with E-state index in [4.69, 9.17) is 0 Å². The van der Waals surface area contributed by atoms with Crippen LogP contribution in [0.1, 0.15) is 50.6 Å². The van der Waals surface area contributed by atoms with Crippen molar-refractivity contribution in [3.05, 3.63) is 35.9 Å². The highest BCUT2D eigenvalue weighted by Crippen LogP contribution is 2.27. The summed E-state index contributed by atoms with van der Waals surface area (Å²) in [4.78, 5) is 14.0. The minimum absolute atomic E-state index is 0.279. The molecule has 0 aliphatic carbocycles. The van der Waals surface area contributed by atoms with Crippen molar-refractivity contribution in [1.82, 2.24) is 4.90 Å². The molecule has 98 valence electrons. The summed E-state index contributed by atoms with van der Waals surface area (Å²) in [6.07, 6.45) is 5.84. The van der Waals surface area contributed by atoms with Crippen LogP contribution in [0, 0.1) is 0 Å². The van der Waals surface area contributed by atoms with Crippen molar-refractivity contribution in [3.8, 4) is 0 Å². The molecule has 0 amide bonds. The van der Waals surface area contributed by atoms with Gasteiger partial charge in [0.15, 0.2) is 0 Å². The summed E-state index contributed by atoms with van der Waals surface area (Å²) >= 11 is 0. The molecule has 1 heterocycles. The number of hydrogen-bond donors (Lipinski definition) is 0. The first-order valence-electron chi connectivity index (χ1n) is 7.06. The van der Waals surface area contributed by atoms with E-state index >= 15 is 0 Å². The fourth-order valence-electron chi connectivity index (χ4n) is 2.81. The van der Waals surface area contributed by atoms with Crippen LogP contribution in [-0.2, 0) is 4.79 Å². The molecular formula is C16H23NO. The highest BCUT2D eigenvalue weighted by Gasteiger charge is 2.22. The Morgan fingerprint density at radius 3 is 2.28 bits per heavy atom. The number of benzene rings is 1. The van der Waals surface area contributed by atoms with Gasteiger partial charge in [0.25, 0.3) is 0 Å². The highest BCUT2D eigenvalue weighted by molar-refractivity contribution is 5.76. The van der Waals surface area contributed by atoms with E-state index in [0.29, 0.717) is 6.42 Å². The van der Waals surface area contributed by atoms with Gasteiger partial charge in [-0.25, -0.2) is 0 Å². The highest BCUT2D eigenvalue weighted by atomic mass is 16.1. The molecule has 18 heavy (non-hydrogen) atoms. The monoisotopic (exact) mass is 245 g/mol. The van der Waals surface area contributed by atoms with E-state index in [-0.39, 0.29) is 11.8 Å². The third-order valence-corrected chi connectivity index (χ3v) is 3.75. The minimum atomic E-state index is 0.279. The maximum absolute atomic E-state index is 11.5. The summed E-state index contributed by atoms with van der Waals surface area (Å²) in [5.74, 6) is 0.285. The Morgan fingerprint density at radius 2 is 1.72 bits per heavy atom. The number of Topliss-reactive ketones (excluding diaryl/α,β-unsaturated/α-hetero) is 1. The molecule has 1 unspecified atom stereocenters.